The molecule has 0 aromatic heterocycles. The van der Waals surface area contributed by atoms with Crippen molar-refractivity contribution in [3.05, 3.63) is 0 Å². The van der Waals surface area contributed by atoms with Gasteiger partial charge < -0.3 is 0 Å². The van der Waals surface area contributed by atoms with Crippen molar-refractivity contribution in [2.45, 2.75) is 45.6 Å². The standard InChI is InChI=1S/C9H19NO/c1-9(2,3)11-10-7-6-8-4-5-8/h8,10H,4-7H2,1-3H3. The Kier molecular flexibility index (Phi) is 2.90. The molecule has 0 aliphatic heterocycles. The third-order valence-electron chi connectivity index (χ3n) is 1.73. The fourth-order valence-electron chi connectivity index (χ4n) is 0.937. The number of nitrogens with one attached hydrogen (secondary N) is 1. The summed E-state index contributed by atoms with van der Waals surface area (Å²) in [5.41, 5.74) is 2.94. The molecule has 2 nitrogen and oxygen atoms in total. The Hall–Kier alpha value is -0.0800. The molecule has 0 atom stereocenters. The lowest BCUT2D eigenvalue weighted by molar-refractivity contribution is -0.0728. The van der Waals surface area contributed by atoms with Gasteiger partial charge in [0.15, 0.2) is 0 Å². The smallest absolute Gasteiger partial charge is 0.0812 e. The van der Waals surface area contributed by atoms with Gasteiger partial charge in [-0.05, 0) is 33.1 Å². The van der Waals surface area contributed by atoms with E-state index < -0.39 is 0 Å². The van der Waals surface area contributed by atoms with Gasteiger partial charge in [0, 0.05) is 6.54 Å². The maximum absolute atomic E-state index is 5.36. The molecule has 0 heterocycles. The van der Waals surface area contributed by atoms with E-state index in [0.717, 1.165) is 12.5 Å². The van der Waals surface area contributed by atoms with Crippen molar-refractivity contribution in [3.63, 3.8) is 0 Å². The number of hydroxylamine groups is 1. The Bertz CT molecular complexity index is 113. The molecule has 0 spiro atoms. The Morgan fingerprint density at radius 1 is 1.36 bits per heavy atom. The van der Waals surface area contributed by atoms with Crippen LogP contribution in [-0.2, 0) is 4.84 Å². The summed E-state index contributed by atoms with van der Waals surface area (Å²) in [6.45, 7) is 7.16. The van der Waals surface area contributed by atoms with Crippen molar-refractivity contribution in [1.82, 2.24) is 5.48 Å². The average molecular weight is 157 g/mol. The molecule has 2 heteroatoms. The predicted molar refractivity (Wildman–Crippen MR) is 46.2 cm³/mol. The molecule has 0 amide bonds. The fraction of sp³-hybridized carbons (Fsp3) is 1.00. The normalized spacial score (nSPS) is 18.8. The molecule has 1 aliphatic rings. The zero-order valence-electron chi connectivity index (χ0n) is 7.81. The van der Waals surface area contributed by atoms with Crippen LogP contribution in [0.5, 0.6) is 0 Å². The van der Waals surface area contributed by atoms with Crippen LogP contribution in [0, 0.1) is 5.92 Å². The van der Waals surface area contributed by atoms with Crippen molar-refractivity contribution in [1.29, 1.82) is 0 Å². The molecule has 0 saturated heterocycles. The molecule has 0 unspecified atom stereocenters. The molecule has 66 valence electrons. The van der Waals surface area contributed by atoms with Crippen LogP contribution in [0.25, 0.3) is 0 Å². The maximum atomic E-state index is 5.36. The van der Waals surface area contributed by atoms with Crippen molar-refractivity contribution >= 4 is 0 Å². The predicted octanol–water partition coefficient (Wildman–Crippen LogP) is 2.11. The maximum Gasteiger partial charge on any atom is 0.0812 e. The van der Waals surface area contributed by atoms with Gasteiger partial charge in [-0.15, -0.1) is 0 Å². The van der Waals surface area contributed by atoms with E-state index in [1.54, 1.807) is 0 Å². The molecule has 1 fully saturated rings. The van der Waals surface area contributed by atoms with E-state index in [-0.39, 0.29) is 5.60 Å². The van der Waals surface area contributed by atoms with Gasteiger partial charge in [-0.2, -0.15) is 0 Å². The summed E-state index contributed by atoms with van der Waals surface area (Å²) in [4.78, 5) is 5.36. The minimum Gasteiger partial charge on any atom is -0.296 e. The first-order chi connectivity index (χ1) is 5.08. The number of hydrogen-bond donors (Lipinski definition) is 1. The second-order valence-electron chi connectivity index (χ2n) is 4.34. The first-order valence-electron chi connectivity index (χ1n) is 4.49. The minimum absolute atomic E-state index is 0.0520. The van der Waals surface area contributed by atoms with E-state index >= 15 is 0 Å². The lowest BCUT2D eigenvalue weighted by Crippen LogP contribution is -2.29. The summed E-state index contributed by atoms with van der Waals surface area (Å²) >= 11 is 0. The Balaban J connectivity index is 1.87. The second kappa shape index (κ2) is 3.55. The van der Waals surface area contributed by atoms with Crippen molar-refractivity contribution in [2.75, 3.05) is 6.54 Å². The summed E-state index contributed by atoms with van der Waals surface area (Å²) < 4.78 is 0. The van der Waals surface area contributed by atoms with Gasteiger partial charge in [-0.1, -0.05) is 12.8 Å². The topological polar surface area (TPSA) is 21.3 Å². The van der Waals surface area contributed by atoms with E-state index in [0.29, 0.717) is 0 Å². The van der Waals surface area contributed by atoms with Gasteiger partial charge in [-0.25, -0.2) is 5.48 Å². The molecule has 1 aliphatic carbocycles. The highest BCUT2D eigenvalue weighted by Gasteiger charge is 2.20. The van der Waals surface area contributed by atoms with Crippen LogP contribution in [0.4, 0.5) is 0 Å². The van der Waals surface area contributed by atoms with Crippen LogP contribution in [0.1, 0.15) is 40.0 Å². The summed E-state index contributed by atoms with van der Waals surface area (Å²) in [5.74, 6) is 0.992. The van der Waals surface area contributed by atoms with Gasteiger partial charge in [0.25, 0.3) is 0 Å². The Labute approximate surface area is 69.3 Å². The van der Waals surface area contributed by atoms with Gasteiger partial charge in [0.05, 0.1) is 5.60 Å². The first-order valence-corrected chi connectivity index (χ1v) is 4.49. The highest BCUT2D eigenvalue weighted by molar-refractivity contribution is 4.72. The molecule has 1 N–H and O–H groups in total. The summed E-state index contributed by atoms with van der Waals surface area (Å²) in [7, 11) is 0. The zero-order valence-corrected chi connectivity index (χ0v) is 7.81. The van der Waals surface area contributed by atoms with Crippen molar-refractivity contribution in [2.24, 2.45) is 5.92 Å². The molecular formula is C9H19NO. The summed E-state index contributed by atoms with van der Waals surface area (Å²) in [6, 6.07) is 0. The Morgan fingerprint density at radius 2 is 2.00 bits per heavy atom. The van der Waals surface area contributed by atoms with Gasteiger partial charge in [-0.3, -0.25) is 4.84 Å². The van der Waals surface area contributed by atoms with Crippen molar-refractivity contribution in [3.8, 4) is 0 Å². The molecule has 1 rings (SSSR count). The second-order valence-corrected chi connectivity index (χ2v) is 4.34. The highest BCUT2D eigenvalue weighted by atomic mass is 16.7. The molecule has 0 aromatic rings. The Morgan fingerprint density at radius 3 is 2.45 bits per heavy atom. The third kappa shape index (κ3) is 5.22. The van der Waals surface area contributed by atoms with Crippen LogP contribution in [0.3, 0.4) is 0 Å². The highest BCUT2D eigenvalue weighted by Crippen LogP contribution is 2.31. The lowest BCUT2D eigenvalue weighted by Gasteiger charge is -2.19. The van der Waals surface area contributed by atoms with E-state index in [2.05, 4.69) is 26.3 Å². The lowest BCUT2D eigenvalue weighted by atomic mass is 10.2. The number of rotatable bonds is 4. The van der Waals surface area contributed by atoms with E-state index in [4.69, 9.17) is 4.84 Å². The minimum atomic E-state index is -0.0520. The van der Waals surface area contributed by atoms with E-state index in [9.17, 15) is 0 Å². The molecule has 11 heavy (non-hydrogen) atoms. The molecule has 1 saturated carbocycles. The molecule has 0 bridgehead atoms. The molecular weight excluding hydrogens is 138 g/mol. The molecule has 0 radical (unpaired) electrons. The summed E-state index contributed by atoms with van der Waals surface area (Å²) in [5, 5.41) is 0. The molecule has 0 aromatic carbocycles. The first kappa shape index (κ1) is 9.01. The number of hydrogen-bond acceptors (Lipinski definition) is 2. The third-order valence-corrected chi connectivity index (χ3v) is 1.73. The van der Waals surface area contributed by atoms with Crippen LogP contribution < -0.4 is 5.48 Å². The largest absolute Gasteiger partial charge is 0.296 e. The van der Waals surface area contributed by atoms with Gasteiger partial charge in [0.2, 0.25) is 0 Å². The quantitative estimate of drug-likeness (QED) is 0.498. The summed E-state index contributed by atoms with van der Waals surface area (Å²) in [6.07, 6.45) is 4.13. The van der Waals surface area contributed by atoms with Crippen LogP contribution in [0.15, 0.2) is 0 Å². The monoisotopic (exact) mass is 157 g/mol. The average Bonchev–Trinajstić information content (AvgIpc) is 2.60. The zero-order chi connectivity index (χ0) is 8.32. The van der Waals surface area contributed by atoms with Gasteiger partial charge >= 0.3 is 0 Å². The van der Waals surface area contributed by atoms with Crippen LogP contribution in [-0.4, -0.2) is 12.1 Å². The fourth-order valence-corrected chi connectivity index (χ4v) is 0.937. The van der Waals surface area contributed by atoms with Crippen molar-refractivity contribution < 1.29 is 4.84 Å². The SMILES string of the molecule is CC(C)(C)ONCCC1CC1. The van der Waals surface area contributed by atoms with E-state index in [1.165, 1.54) is 19.3 Å². The van der Waals surface area contributed by atoms with E-state index in [1.807, 2.05) is 0 Å². The van der Waals surface area contributed by atoms with Crippen LogP contribution in [0.2, 0.25) is 0 Å². The van der Waals surface area contributed by atoms with Gasteiger partial charge in [0.1, 0.15) is 0 Å². The van der Waals surface area contributed by atoms with Crippen LogP contribution >= 0.6 is 0 Å².